The van der Waals surface area contributed by atoms with Crippen LogP contribution in [-0.2, 0) is 23.8 Å². The first-order valence-corrected chi connectivity index (χ1v) is 18.9. The molecule has 0 bridgehead atoms. The maximum absolute atomic E-state index is 14.7. The van der Waals surface area contributed by atoms with Crippen molar-refractivity contribution in [3.63, 3.8) is 0 Å². The zero-order valence-electron chi connectivity index (χ0n) is 30.5. The standard InChI is InChI=1S/C35H61N5O12/c1-15-10-17-26(29(45)24(15)19(6-9-41)40-34(37)38-2)30(46)27-21(12-20(50-3)18(13-42)25(27)28(17)44)51-33-31(47)32(48)35(49,22(14-43)52-33)7-4-16-5-8-39-23(36)11-16/h15-27,29,31-33,39,41-43,45,47-49H,4-14,36H2,1-3H3,(H3,37,38,40)/p+2. The van der Waals surface area contributed by atoms with Crippen molar-refractivity contribution in [2.75, 3.05) is 40.5 Å². The molecule has 2 saturated heterocycles. The molecule has 298 valence electrons. The smallest absolute Gasteiger partial charge is 0.341 e. The van der Waals surface area contributed by atoms with E-state index in [4.69, 9.17) is 25.7 Å². The molecule has 18 atom stereocenters. The van der Waals surface area contributed by atoms with E-state index < -0.39 is 109 Å². The van der Waals surface area contributed by atoms with Gasteiger partial charge in [0, 0.05) is 63.3 Å². The Morgan fingerprint density at radius 1 is 1.06 bits per heavy atom. The van der Waals surface area contributed by atoms with Crippen LogP contribution in [0.5, 0.6) is 0 Å². The van der Waals surface area contributed by atoms with Crippen molar-refractivity contribution < 1.29 is 69.9 Å². The van der Waals surface area contributed by atoms with Gasteiger partial charge in [0.1, 0.15) is 41.6 Å². The normalized spacial score (nSPS) is 46.3. The number of fused-ring (bicyclic) bond motifs is 2. The fraction of sp³-hybridized carbons (Fsp3) is 0.914. The molecule has 0 radical (unpaired) electrons. The number of methoxy groups -OCH3 is 1. The van der Waals surface area contributed by atoms with Gasteiger partial charge in [-0.2, -0.15) is 0 Å². The lowest BCUT2D eigenvalue weighted by Crippen LogP contribution is -2.94. The van der Waals surface area contributed by atoms with Gasteiger partial charge in [0.25, 0.3) is 0 Å². The van der Waals surface area contributed by atoms with Crippen molar-refractivity contribution in [2.24, 2.45) is 58.8 Å². The largest absolute Gasteiger partial charge is 0.396 e. The van der Waals surface area contributed by atoms with Crippen molar-refractivity contribution in [1.29, 1.82) is 0 Å². The van der Waals surface area contributed by atoms with E-state index in [9.17, 15) is 45.3 Å². The average molecular weight is 746 g/mol. The van der Waals surface area contributed by atoms with Crippen molar-refractivity contribution in [2.45, 2.75) is 113 Å². The van der Waals surface area contributed by atoms with Gasteiger partial charge in [-0.15, -0.1) is 0 Å². The minimum absolute atomic E-state index is 0.00721. The molecule has 0 aromatic rings. The number of guanidine groups is 1. The molecule has 5 aliphatic rings. The summed E-state index contributed by atoms with van der Waals surface area (Å²) in [7, 11) is 3.05. The fourth-order valence-electron chi connectivity index (χ4n) is 10.4. The van der Waals surface area contributed by atoms with E-state index in [2.05, 4.69) is 10.3 Å². The molecule has 17 nitrogen and oxygen atoms in total. The Labute approximate surface area is 304 Å². The number of Topliss-reactive ketones (excluding diaryl/α,β-unsaturated/α-hetero) is 2. The monoisotopic (exact) mass is 745 g/mol. The van der Waals surface area contributed by atoms with Crippen LogP contribution in [0.4, 0.5) is 0 Å². The Kier molecular flexibility index (Phi) is 13.7. The SMILES string of the molecule is C[NH+]=C(N)NC(CCO)C1C(C)CC2C(=O)C3C(CO)C(OC)CC(OC4OC(CO)C(O)(CCC5CC[NH2+]C(N)C5)C(O)C4O)C3C(=O)C2C1O. The van der Waals surface area contributed by atoms with Crippen LogP contribution in [0.2, 0.25) is 0 Å². The molecular formula is C35H63N5O12+2. The lowest BCUT2D eigenvalue weighted by atomic mass is 9.51. The van der Waals surface area contributed by atoms with Crippen LogP contribution >= 0.6 is 0 Å². The molecule has 3 aliphatic carbocycles. The highest BCUT2D eigenvalue weighted by Crippen LogP contribution is 2.53. The number of quaternary nitrogens is 1. The number of nitrogens with one attached hydrogen (secondary N) is 2. The van der Waals surface area contributed by atoms with E-state index in [0.717, 1.165) is 19.4 Å². The van der Waals surface area contributed by atoms with Crippen molar-refractivity contribution in [3.05, 3.63) is 0 Å². The highest BCUT2D eigenvalue weighted by atomic mass is 16.7. The summed E-state index contributed by atoms with van der Waals surface area (Å²) < 4.78 is 18.0. The average Bonchev–Trinajstić information content (AvgIpc) is 3.12. The predicted octanol–water partition coefficient (Wildman–Crippen LogP) is -6.39. The molecule has 15 N–H and O–H groups in total. The van der Waals surface area contributed by atoms with Gasteiger partial charge >= 0.3 is 5.96 Å². The number of hydrogen-bond donors (Lipinski definition) is 12. The van der Waals surface area contributed by atoms with E-state index in [1.165, 1.54) is 7.11 Å². The highest BCUT2D eigenvalue weighted by Gasteiger charge is 2.64. The second-order valence-electron chi connectivity index (χ2n) is 15.9. The third kappa shape index (κ3) is 7.79. The molecule has 2 heterocycles. The summed E-state index contributed by atoms with van der Waals surface area (Å²) >= 11 is 0. The first kappa shape index (κ1) is 41.3. The molecule has 17 heteroatoms. The summed E-state index contributed by atoms with van der Waals surface area (Å²) in [5.74, 6) is -6.08. The van der Waals surface area contributed by atoms with Gasteiger partial charge in [0.2, 0.25) is 0 Å². The zero-order valence-corrected chi connectivity index (χ0v) is 30.5. The molecule has 3 saturated carbocycles. The Morgan fingerprint density at radius 3 is 2.40 bits per heavy atom. The maximum atomic E-state index is 14.7. The predicted molar refractivity (Wildman–Crippen MR) is 182 cm³/mol. The lowest BCUT2D eigenvalue weighted by Gasteiger charge is -2.55. The van der Waals surface area contributed by atoms with Gasteiger partial charge in [-0.05, 0) is 37.5 Å². The lowest BCUT2D eigenvalue weighted by molar-refractivity contribution is -0.699. The number of rotatable bonds is 12. The van der Waals surface area contributed by atoms with E-state index in [-0.39, 0.29) is 62.0 Å². The van der Waals surface area contributed by atoms with Crippen molar-refractivity contribution >= 4 is 17.5 Å². The Balaban J connectivity index is 1.41. The van der Waals surface area contributed by atoms with Gasteiger partial charge in [0.15, 0.2) is 6.29 Å². The number of hydrogen-bond acceptors (Lipinski definition) is 13. The summed E-state index contributed by atoms with van der Waals surface area (Å²) in [5.41, 5.74) is 10.1. The number of carbonyl (C=O) groups excluding carboxylic acids is 2. The number of nitrogens with two attached hydrogens (primary N) is 3. The second-order valence-corrected chi connectivity index (χ2v) is 15.9. The fourth-order valence-corrected chi connectivity index (χ4v) is 10.4. The second kappa shape index (κ2) is 17.3. The van der Waals surface area contributed by atoms with Crippen LogP contribution in [0.1, 0.15) is 51.9 Å². The van der Waals surface area contributed by atoms with E-state index in [1.807, 2.05) is 12.2 Å². The first-order chi connectivity index (χ1) is 24.8. The van der Waals surface area contributed by atoms with Crippen LogP contribution in [0.25, 0.3) is 0 Å². The highest BCUT2D eigenvalue weighted by molar-refractivity contribution is 6.01. The van der Waals surface area contributed by atoms with Crippen LogP contribution in [0, 0.1) is 47.3 Å². The summed E-state index contributed by atoms with van der Waals surface area (Å²) in [6.45, 7) is 1.36. The third-order valence-electron chi connectivity index (χ3n) is 13.1. The Hall–Kier alpha value is -1.87. The first-order valence-electron chi connectivity index (χ1n) is 18.9. The molecular weight excluding hydrogens is 682 g/mol. The minimum Gasteiger partial charge on any atom is -0.396 e. The summed E-state index contributed by atoms with van der Waals surface area (Å²) in [6, 6.07) is -0.528. The van der Waals surface area contributed by atoms with Crippen molar-refractivity contribution in [1.82, 2.24) is 5.32 Å². The number of piperidine rings is 1. The van der Waals surface area contributed by atoms with E-state index in [1.54, 1.807) is 7.05 Å². The molecule has 18 unspecified atom stereocenters. The van der Waals surface area contributed by atoms with Crippen LogP contribution in [-0.4, -0.2) is 155 Å². The quantitative estimate of drug-likeness (QED) is 0.0653. The van der Waals surface area contributed by atoms with E-state index in [0.29, 0.717) is 6.42 Å². The number of ether oxygens (including phenoxy) is 3. The van der Waals surface area contributed by atoms with Crippen LogP contribution in [0.3, 0.4) is 0 Å². The number of ketones is 2. The zero-order chi connectivity index (χ0) is 38.1. The Morgan fingerprint density at radius 2 is 1.79 bits per heavy atom. The van der Waals surface area contributed by atoms with Gasteiger partial charge in [0.05, 0.1) is 56.4 Å². The number of aliphatic hydroxyl groups is 7. The molecule has 0 spiro atoms. The molecule has 5 rings (SSSR count). The number of carbonyl (C=O) groups is 2. The molecule has 0 amide bonds. The molecule has 0 aromatic heterocycles. The van der Waals surface area contributed by atoms with Crippen LogP contribution in [0.15, 0.2) is 0 Å². The van der Waals surface area contributed by atoms with Gasteiger partial charge in [-0.25, -0.2) is 0 Å². The minimum atomic E-state index is -2.01. The molecule has 2 aliphatic heterocycles. The molecule has 52 heavy (non-hydrogen) atoms. The Bertz CT molecular complexity index is 1260. The van der Waals surface area contributed by atoms with Crippen LogP contribution < -0.4 is 27.1 Å². The molecule has 5 fully saturated rings. The topological polar surface area (TPSA) is 298 Å². The summed E-state index contributed by atoms with van der Waals surface area (Å²) in [4.78, 5) is 32.0. The third-order valence-corrected chi connectivity index (χ3v) is 13.1. The number of aliphatic hydroxyl groups excluding tert-OH is 6. The van der Waals surface area contributed by atoms with Gasteiger partial charge < -0.3 is 55.3 Å². The van der Waals surface area contributed by atoms with Crippen molar-refractivity contribution in [3.8, 4) is 0 Å². The maximum Gasteiger partial charge on any atom is 0.341 e. The van der Waals surface area contributed by atoms with Gasteiger partial charge in [-0.3, -0.25) is 31.4 Å². The van der Waals surface area contributed by atoms with Gasteiger partial charge in [-0.1, -0.05) is 6.92 Å². The summed E-state index contributed by atoms with van der Waals surface area (Å²) in [6.07, 6.45) is -7.17. The van der Waals surface area contributed by atoms with E-state index >= 15 is 0 Å². The molecule has 0 aromatic carbocycles. The summed E-state index contributed by atoms with van der Waals surface area (Å²) in [5, 5.41) is 82.2.